The highest BCUT2D eigenvalue weighted by atomic mass is 16.5. The van der Waals surface area contributed by atoms with Crippen molar-refractivity contribution in [2.24, 2.45) is 0 Å². The molecule has 0 saturated carbocycles. The van der Waals surface area contributed by atoms with Gasteiger partial charge in [0.1, 0.15) is 5.75 Å². The maximum atomic E-state index is 12.0. The normalized spacial score (nSPS) is 15.4. The molecule has 0 spiro atoms. The van der Waals surface area contributed by atoms with Crippen LogP contribution in [0.3, 0.4) is 0 Å². The summed E-state index contributed by atoms with van der Waals surface area (Å²) in [7, 11) is 0. The number of benzene rings is 2. The van der Waals surface area contributed by atoms with Crippen LogP contribution in [0, 0.1) is 6.92 Å². The molecule has 1 amide bonds. The van der Waals surface area contributed by atoms with Crippen LogP contribution in [0.4, 0.5) is 11.6 Å². The number of nitrogens with zero attached hydrogens (tertiary/aromatic N) is 3. The van der Waals surface area contributed by atoms with Gasteiger partial charge in [-0.25, -0.2) is 15.0 Å². The van der Waals surface area contributed by atoms with E-state index in [0.717, 1.165) is 59.2 Å². The topological polar surface area (TPSA) is 101 Å². The zero-order valence-corrected chi connectivity index (χ0v) is 20.5. The molecule has 4 aromatic rings. The van der Waals surface area contributed by atoms with Crippen molar-refractivity contribution < 1.29 is 9.53 Å². The highest BCUT2D eigenvalue weighted by molar-refractivity contribution is 6.04. The van der Waals surface area contributed by atoms with Crippen molar-refractivity contribution >= 4 is 28.3 Å². The van der Waals surface area contributed by atoms with Gasteiger partial charge in [-0.05, 0) is 56.1 Å². The van der Waals surface area contributed by atoms with Crippen molar-refractivity contribution in [2.75, 3.05) is 23.7 Å². The standard InChI is InChI=1S/C28H30N6O2/c1-3-25(35)33-23-10-4-8-21-20(23)12-11-18(2)26(21)36-27-22(9-6-15-30-27)24-13-16-31-28(34-24)32-19-7-5-14-29-17-19/h4,6,8-13,15-16,19,29H,3,5,7,14,17H2,1-2H3,(H,33,35)(H,31,32,34)/t19-/m0/s1. The lowest BCUT2D eigenvalue weighted by atomic mass is 10.0. The number of rotatable bonds is 7. The molecule has 2 aromatic carbocycles. The van der Waals surface area contributed by atoms with Gasteiger partial charge in [-0.1, -0.05) is 31.2 Å². The van der Waals surface area contributed by atoms with Crippen LogP contribution in [0.1, 0.15) is 31.7 Å². The van der Waals surface area contributed by atoms with E-state index in [1.165, 1.54) is 0 Å². The minimum absolute atomic E-state index is 0.0326. The van der Waals surface area contributed by atoms with Gasteiger partial charge in [-0.2, -0.15) is 0 Å². The number of nitrogens with one attached hydrogen (secondary N) is 3. The van der Waals surface area contributed by atoms with Crippen molar-refractivity contribution in [3.05, 3.63) is 66.5 Å². The Bertz CT molecular complexity index is 1380. The largest absolute Gasteiger partial charge is 0.437 e. The fourth-order valence-electron chi connectivity index (χ4n) is 4.42. The molecular weight excluding hydrogens is 452 g/mol. The summed E-state index contributed by atoms with van der Waals surface area (Å²) >= 11 is 0. The number of anilines is 2. The number of hydrogen-bond acceptors (Lipinski definition) is 7. The number of fused-ring (bicyclic) bond motifs is 1. The molecule has 184 valence electrons. The fraction of sp³-hybridized carbons (Fsp3) is 0.286. The zero-order valence-electron chi connectivity index (χ0n) is 20.5. The molecular formula is C28H30N6O2. The summed E-state index contributed by atoms with van der Waals surface area (Å²) in [6, 6.07) is 15.8. The van der Waals surface area contributed by atoms with E-state index in [-0.39, 0.29) is 5.91 Å². The molecule has 0 radical (unpaired) electrons. The van der Waals surface area contributed by atoms with Crippen molar-refractivity contribution in [1.82, 2.24) is 20.3 Å². The Labute approximate surface area is 210 Å². The highest BCUT2D eigenvalue weighted by Gasteiger charge is 2.17. The summed E-state index contributed by atoms with van der Waals surface area (Å²) in [6.07, 6.45) is 6.09. The molecule has 0 bridgehead atoms. The zero-order chi connectivity index (χ0) is 24.9. The smallest absolute Gasteiger partial charge is 0.228 e. The predicted molar refractivity (Wildman–Crippen MR) is 142 cm³/mol. The first-order chi connectivity index (χ1) is 17.6. The lowest BCUT2D eigenvalue weighted by molar-refractivity contribution is -0.115. The molecule has 0 aliphatic carbocycles. The van der Waals surface area contributed by atoms with Gasteiger partial charge in [0.05, 0.1) is 11.3 Å². The lowest BCUT2D eigenvalue weighted by Gasteiger charge is -2.23. The van der Waals surface area contributed by atoms with Gasteiger partial charge in [-0.3, -0.25) is 4.79 Å². The molecule has 1 aliphatic heterocycles. The van der Waals surface area contributed by atoms with E-state index in [1.54, 1.807) is 12.4 Å². The Morgan fingerprint density at radius 1 is 1.08 bits per heavy atom. The SMILES string of the molecule is CCC(=O)Nc1cccc2c(Oc3ncccc3-c3ccnc(N[C@H]4CCCNC4)n3)c(C)ccc12. The van der Waals surface area contributed by atoms with Crippen molar-refractivity contribution in [1.29, 1.82) is 0 Å². The maximum absolute atomic E-state index is 12.0. The van der Waals surface area contributed by atoms with Crippen LogP contribution in [0.2, 0.25) is 0 Å². The second-order valence-corrected chi connectivity index (χ2v) is 8.93. The summed E-state index contributed by atoms with van der Waals surface area (Å²) in [5.41, 5.74) is 3.23. The van der Waals surface area contributed by atoms with Gasteiger partial charge in [0.15, 0.2) is 0 Å². The number of hydrogen-bond donors (Lipinski definition) is 3. The van der Waals surface area contributed by atoms with Crippen LogP contribution in [-0.4, -0.2) is 40.0 Å². The quantitative estimate of drug-likeness (QED) is 0.328. The molecule has 1 aliphatic rings. The van der Waals surface area contributed by atoms with Crippen LogP contribution in [0.25, 0.3) is 22.0 Å². The number of aryl methyl sites for hydroxylation is 1. The second-order valence-electron chi connectivity index (χ2n) is 8.93. The molecule has 1 atom stereocenters. The van der Waals surface area contributed by atoms with E-state index in [0.29, 0.717) is 30.0 Å². The minimum atomic E-state index is -0.0326. The van der Waals surface area contributed by atoms with E-state index >= 15 is 0 Å². The molecule has 8 heteroatoms. The second kappa shape index (κ2) is 10.7. The first-order valence-electron chi connectivity index (χ1n) is 12.4. The van der Waals surface area contributed by atoms with Gasteiger partial charge in [0.25, 0.3) is 0 Å². The number of pyridine rings is 1. The van der Waals surface area contributed by atoms with E-state index in [4.69, 9.17) is 9.72 Å². The van der Waals surface area contributed by atoms with Crippen LogP contribution < -0.4 is 20.7 Å². The Kier molecular flexibility index (Phi) is 7.04. The number of piperidine rings is 1. The van der Waals surface area contributed by atoms with E-state index in [1.807, 2.05) is 62.4 Å². The summed E-state index contributed by atoms with van der Waals surface area (Å²) in [5, 5.41) is 11.6. The molecule has 2 aromatic heterocycles. The maximum Gasteiger partial charge on any atom is 0.228 e. The summed E-state index contributed by atoms with van der Waals surface area (Å²) in [6.45, 7) is 5.78. The van der Waals surface area contributed by atoms with Gasteiger partial charge < -0.3 is 20.7 Å². The average Bonchev–Trinajstić information content (AvgIpc) is 2.91. The number of ether oxygens (including phenoxy) is 1. The third-order valence-electron chi connectivity index (χ3n) is 6.34. The number of carbonyl (C=O) groups excluding carboxylic acids is 1. The molecule has 5 rings (SSSR count). The van der Waals surface area contributed by atoms with Crippen LogP contribution in [-0.2, 0) is 4.79 Å². The van der Waals surface area contributed by atoms with E-state index < -0.39 is 0 Å². The third kappa shape index (κ3) is 5.13. The Hall–Kier alpha value is -4.04. The molecule has 36 heavy (non-hydrogen) atoms. The van der Waals surface area contributed by atoms with Crippen LogP contribution >= 0.6 is 0 Å². The predicted octanol–water partition coefficient (Wildman–Crippen LogP) is 5.30. The summed E-state index contributed by atoms with van der Waals surface area (Å²) < 4.78 is 6.47. The minimum Gasteiger partial charge on any atom is -0.437 e. The molecule has 3 N–H and O–H groups in total. The molecule has 8 nitrogen and oxygen atoms in total. The van der Waals surface area contributed by atoms with E-state index in [9.17, 15) is 4.79 Å². The van der Waals surface area contributed by atoms with Crippen molar-refractivity contribution in [2.45, 2.75) is 39.2 Å². The van der Waals surface area contributed by atoms with Gasteiger partial charge >= 0.3 is 0 Å². The van der Waals surface area contributed by atoms with Crippen molar-refractivity contribution in [3.8, 4) is 22.9 Å². The van der Waals surface area contributed by atoms with Crippen LogP contribution in [0.5, 0.6) is 11.6 Å². The van der Waals surface area contributed by atoms with E-state index in [2.05, 4.69) is 25.9 Å². The first-order valence-corrected chi connectivity index (χ1v) is 12.4. The summed E-state index contributed by atoms with van der Waals surface area (Å²) in [5.74, 6) is 1.71. The lowest BCUT2D eigenvalue weighted by Crippen LogP contribution is -2.38. The molecule has 1 saturated heterocycles. The summed E-state index contributed by atoms with van der Waals surface area (Å²) in [4.78, 5) is 25.8. The van der Waals surface area contributed by atoms with Gasteiger partial charge in [0, 0.05) is 47.9 Å². The number of aromatic nitrogens is 3. The molecule has 0 unspecified atom stereocenters. The first kappa shape index (κ1) is 23.7. The highest BCUT2D eigenvalue weighted by Crippen LogP contribution is 2.38. The Balaban J connectivity index is 1.49. The van der Waals surface area contributed by atoms with Gasteiger partial charge in [0.2, 0.25) is 17.7 Å². The molecule has 1 fully saturated rings. The van der Waals surface area contributed by atoms with Gasteiger partial charge in [-0.15, -0.1) is 0 Å². The number of amides is 1. The van der Waals surface area contributed by atoms with Crippen LogP contribution in [0.15, 0.2) is 60.9 Å². The fourth-order valence-corrected chi connectivity index (χ4v) is 4.42. The third-order valence-corrected chi connectivity index (χ3v) is 6.34. The Morgan fingerprint density at radius 2 is 2.00 bits per heavy atom. The van der Waals surface area contributed by atoms with Crippen molar-refractivity contribution in [3.63, 3.8) is 0 Å². The monoisotopic (exact) mass is 482 g/mol. The average molecular weight is 483 g/mol. The Morgan fingerprint density at radius 3 is 2.83 bits per heavy atom. The molecule has 3 heterocycles. The number of carbonyl (C=O) groups is 1.